The fraction of sp³-hybridized carbons (Fsp3) is 0.500. The monoisotopic (exact) mass is 276 g/mol. The van der Waals surface area contributed by atoms with Crippen LogP contribution in [0.1, 0.15) is 25.8 Å². The average molecular weight is 276 g/mol. The van der Waals surface area contributed by atoms with Gasteiger partial charge in [-0.25, -0.2) is 0 Å². The SMILES string of the molecule is COC1=C2CC(C(C)(C)O)OC2[NH+](C)c2ccccc21. The molecule has 0 radical (unpaired) electrons. The van der Waals surface area contributed by atoms with Crippen molar-refractivity contribution in [2.75, 3.05) is 14.2 Å². The second kappa shape index (κ2) is 4.58. The molecule has 0 aliphatic carbocycles. The highest BCUT2D eigenvalue weighted by molar-refractivity contribution is 5.73. The van der Waals surface area contributed by atoms with E-state index in [1.807, 2.05) is 12.1 Å². The Labute approximate surface area is 119 Å². The summed E-state index contributed by atoms with van der Waals surface area (Å²) in [5.41, 5.74) is 2.60. The molecule has 2 heterocycles. The maximum atomic E-state index is 10.2. The summed E-state index contributed by atoms with van der Waals surface area (Å²) in [6, 6.07) is 8.23. The molecule has 1 aromatic rings. The molecule has 3 unspecified atom stereocenters. The topological polar surface area (TPSA) is 43.1 Å². The van der Waals surface area contributed by atoms with Gasteiger partial charge in [-0.15, -0.1) is 0 Å². The minimum Gasteiger partial charge on any atom is -0.496 e. The molecule has 108 valence electrons. The van der Waals surface area contributed by atoms with Crippen LogP contribution in [0.15, 0.2) is 29.8 Å². The van der Waals surface area contributed by atoms with Gasteiger partial charge in [0.05, 0.1) is 37.0 Å². The second-order valence-corrected chi connectivity index (χ2v) is 6.15. The molecule has 2 N–H and O–H groups in total. The van der Waals surface area contributed by atoms with E-state index in [4.69, 9.17) is 9.47 Å². The third kappa shape index (κ3) is 1.95. The number of ether oxygens (including phenoxy) is 2. The normalized spacial score (nSPS) is 29.1. The Morgan fingerprint density at radius 1 is 1.35 bits per heavy atom. The van der Waals surface area contributed by atoms with Crippen LogP contribution in [0.2, 0.25) is 0 Å². The molecule has 0 spiro atoms. The highest BCUT2D eigenvalue weighted by Crippen LogP contribution is 2.39. The number of aliphatic hydroxyl groups is 1. The fourth-order valence-corrected chi connectivity index (χ4v) is 3.17. The van der Waals surface area contributed by atoms with E-state index >= 15 is 0 Å². The van der Waals surface area contributed by atoms with E-state index in [0.717, 1.165) is 16.9 Å². The van der Waals surface area contributed by atoms with Gasteiger partial charge in [0.25, 0.3) is 0 Å². The third-order valence-corrected chi connectivity index (χ3v) is 4.30. The largest absolute Gasteiger partial charge is 0.496 e. The molecular weight excluding hydrogens is 254 g/mol. The van der Waals surface area contributed by atoms with Crippen molar-refractivity contribution in [1.82, 2.24) is 0 Å². The Kier molecular flexibility index (Phi) is 3.12. The summed E-state index contributed by atoms with van der Waals surface area (Å²) in [6.07, 6.45) is 0.441. The maximum absolute atomic E-state index is 10.2. The van der Waals surface area contributed by atoms with E-state index in [2.05, 4.69) is 19.2 Å². The van der Waals surface area contributed by atoms with Gasteiger partial charge in [0, 0.05) is 6.42 Å². The van der Waals surface area contributed by atoms with E-state index in [1.54, 1.807) is 21.0 Å². The molecule has 0 saturated carbocycles. The average Bonchev–Trinajstić information content (AvgIpc) is 2.85. The van der Waals surface area contributed by atoms with Crippen LogP contribution >= 0.6 is 0 Å². The number of methoxy groups -OCH3 is 1. The zero-order chi connectivity index (χ0) is 14.5. The van der Waals surface area contributed by atoms with Crippen LogP contribution in [0, 0.1) is 0 Å². The molecular formula is C16H22NO3+. The van der Waals surface area contributed by atoms with Gasteiger partial charge < -0.3 is 14.6 Å². The first-order valence-electron chi connectivity index (χ1n) is 7.01. The Morgan fingerprint density at radius 3 is 2.70 bits per heavy atom. The summed E-state index contributed by atoms with van der Waals surface area (Å²) in [6.45, 7) is 3.59. The highest BCUT2D eigenvalue weighted by atomic mass is 16.5. The number of hydrogen-bond acceptors (Lipinski definition) is 3. The second-order valence-electron chi connectivity index (χ2n) is 6.15. The maximum Gasteiger partial charge on any atom is 0.223 e. The van der Waals surface area contributed by atoms with Gasteiger partial charge in [0.1, 0.15) is 11.4 Å². The minimum atomic E-state index is -0.852. The standard InChI is InChI=1S/C16H21NO3/c1-16(2,18)13-9-11-14(19-4)10-7-5-6-8-12(10)17(3)15(11)20-13/h5-8,13,15,18H,9H2,1-4H3/p+1. The van der Waals surface area contributed by atoms with Crippen molar-refractivity contribution in [3.05, 3.63) is 35.4 Å². The molecule has 3 atom stereocenters. The van der Waals surface area contributed by atoms with Crippen molar-refractivity contribution in [1.29, 1.82) is 0 Å². The molecule has 2 aliphatic heterocycles. The predicted molar refractivity (Wildman–Crippen MR) is 76.5 cm³/mol. The van der Waals surface area contributed by atoms with Crippen LogP contribution in [-0.2, 0) is 9.47 Å². The summed E-state index contributed by atoms with van der Waals surface area (Å²) >= 11 is 0. The number of benzene rings is 1. The molecule has 0 bridgehead atoms. The first-order valence-corrected chi connectivity index (χ1v) is 7.01. The number of quaternary nitrogens is 1. The lowest BCUT2D eigenvalue weighted by atomic mass is 9.93. The van der Waals surface area contributed by atoms with Gasteiger partial charge in [0.2, 0.25) is 6.23 Å². The molecule has 0 aromatic heterocycles. The van der Waals surface area contributed by atoms with Crippen LogP contribution in [0.5, 0.6) is 0 Å². The molecule has 4 heteroatoms. The van der Waals surface area contributed by atoms with Crippen LogP contribution < -0.4 is 4.90 Å². The van der Waals surface area contributed by atoms with Gasteiger partial charge in [-0.3, -0.25) is 4.90 Å². The quantitative estimate of drug-likeness (QED) is 0.850. The summed E-state index contributed by atoms with van der Waals surface area (Å²) in [7, 11) is 3.80. The Morgan fingerprint density at radius 2 is 2.05 bits per heavy atom. The number of likely N-dealkylation sites (N-methyl/N-ethyl adjacent to an activating group) is 1. The fourth-order valence-electron chi connectivity index (χ4n) is 3.17. The molecule has 1 saturated heterocycles. The van der Waals surface area contributed by atoms with E-state index in [0.29, 0.717) is 6.42 Å². The first kappa shape index (κ1) is 13.6. The number of hydrogen-bond donors (Lipinski definition) is 2. The number of rotatable bonds is 2. The lowest BCUT2D eigenvalue weighted by molar-refractivity contribution is -0.860. The summed E-state index contributed by atoms with van der Waals surface area (Å²) in [5.74, 6) is 0.906. The summed E-state index contributed by atoms with van der Waals surface area (Å²) < 4.78 is 11.8. The first-order chi connectivity index (χ1) is 9.43. The van der Waals surface area contributed by atoms with E-state index < -0.39 is 5.60 Å². The lowest BCUT2D eigenvalue weighted by Crippen LogP contribution is -3.09. The Hall–Kier alpha value is -1.36. The van der Waals surface area contributed by atoms with Crippen molar-refractivity contribution in [3.8, 4) is 0 Å². The van der Waals surface area contributed by atoms with Crippen LogP contribution in [0.3, 0.4) is 0 Å². The van der Waals surface area contributed by atoms with Crippen molar-refractivity contribution < 1.29 is 19.5 Å². The van der Waals surface area contributed by atoms with E-state index in [9.17, 15) is 5.11 Å². The molecule has 0 amide bonds. The van der Waals surface area contributed by atoms with Gasteiger partial charge in [-0.05, 0) is 26.0 Å². The molecule has 3 rings (SSSR count). The minimum absolute atomic E-state index is 0.0729. The van der Waals surface area contributed by atoms with Gasteiger partial charge in [-0.2, -0.15) is 0 Å². The van der Waals surface area contributed by atoms with Crippen molar-refractivity contribution in [2.24, 2.45) is 0 Å². The van der Waals surface area contributed by atoms with Gasteiger partial charge in [0.15, 0.2) is 0 Å². The van der Waals surface area contributed by atoms with Crippen molar-refractivity contribution in [3.63, 3.8) is 0 Å². The van der Waals surface area contributed by atoms with Gasteiger partial charge in [-0.1, -0.05) is 12.1 Å². The molecule has 20 heavy (non-hydrogen) atoms. The molecule has 1 aromatic carbocycles. The zero-order valence-electron chi connectivity index (χ0n) is 12.4. The zero-order valence-corrected chi connectivity index (χ0v) is 12.4. The van der Waals surface area contributed by atoms with E-state index in [1.165, 1.54) is 10.6 Å². The lowest BCUT2D eigenvalue weighted by Gasteiger charge is -2.30. The Bertz CT molecular complexity index is 559. The predicted octanol–water partition coefficient (Wildman–Crippen LogP) is 1.09. The van der Waals surface area contributed by atoms with Crippen molar-refractivity contribution >= 4 is 11.4 Å². The highest BCUT2D eigenvalue weighted by Gasteiger charge is 2.48. The number of para-hydroxylation sites is 1. The van der Waals surface area contributed by atoms with Crippen LogP contribution in [0.25, 0.3) is 5.76 Å². The van der Waals surface area contributed by atoms with Crippen molar-refractivity contribution in [2.45, 2.75) is 38.2 Å². The number of nitrogens with one attached hydrogen (secondary N) is 1. The molecule has 4 nitrogen and oxygen atoms in total. The smallest absolute Gasteiger partial charge is 0.223 e. The Balaban J connectivity index is 2.08. The summed E-state index contributed by atoms with van der Waals surface area (Å²) in [5, 5.41) is 10.2. The molecule has 2 aliphatic rings. The van der Waals surface area contributed by atoms with Crippen LogP contribution in [0.4, 0.5) is 5.69 Å². The van der Waals surface area contributed by atoms with Crippen LogP contribution in [-0.4, -0.2) is 37.2 Å². The summed E-state index contributed by atoms with van der Waals surface area (Å²) in [4.78, 5) is 1.20. The third-order valence-electron chi connectivity index (χ3n) is 4.30. The van der Waals surface area contributed by atoms with Gasteiger partial charge >= 0.3 is 0 Å². The molecule has 1 fully saturated rings. The number of fused-ring (bicyclic) bond motifs is 2. The van der Waals surface area contributed by atoms with E-state index in [-0.39, 0.29) is 12.3 Å².